The first-order valence-corrected chi connectivity index (χ1v) is 6.15. The van der Waals surface area contributed by atoms with Crippen LogP contribution in [0.15, 0.2) is 47.1 Å². The molecule has 0 radical (unpaired) electrons. The highest BCUT2D eigenvalue weighted by Crippen LogP contribution is 2.24. The van der Waals surface area contributed by atoms with E-state index in [1.807, 2.05) is 37.3 Å². The normalized spacial score (nSPS) is 12.1. The molecule has 1 atom stereocenters. The van der Waals surface area contributed by atoms with E-state index in [2.05, 4.69) is 5.32 Å². The van der Waals surface area contributed by atoms with Crippen LogP contribution in [0.5, 0.6) is 0 Å². The van der Waals surface area contributed by atoms with Crippen LogP contribution in [0.25, 0.3) is 11.1 Å². The number of methoxy groups -OCH3 is 1. The lowest BCUT2D eigenvalue weighted by molar-refractivity contribution is 0.0879. The van der Waals surface area contributed by atoms with Gasteiger partial charge in [0.05, 0.1) is 12.9 Å². The first-order valence-electron chi connectivity index (χ1n) is 6.15. The van der Waals surface area contributed by atoms with E-state index in [0.29, 0.717) is 12.4 Å². The Morgan fingerprint density at radius 2 is 2.05 bits per heavy atom. The van der Waals surface area contributed by atoms with Gasteiger partial charge >= 0.3 is 0 Å². The minimum absolute atomic E-state index is 0.0637. The molecule has 1 aromatic carbocycles. The number of amides is 1. The Bertz CT molecular complexity index is 533. The predicted octanol–water partition coefficient (Wildman–Crippen LogP) is 2.71. The molecule has 4 nitrogen and oxygen atoms in total. The lowest BCUT2D eigenvalue weighted by Gasteiger charge is -2.12. The fraction of sp³-hybridized carbons (Fsp3) is 0.267. The van der Waals surface area contributed by atoms with Gasteiger partial charge in [-0.05, 0) is 18.6 Å². The van der Waals surface area contributed by atoms with Gasteiger partial charge in [0.15, 0.2) is 5.76 Å². The molecule has 0 unspecified atom stereocenters. The Labute approximate surface area is 112 Å². The number of furan rings is 1. The molecule has 1 amide bonds. The zero-order chi connectivity index (χ0) is 13.7. The summed E-state index contributed by atoms with van der Waals surface area (Å²) in [5, 5.41) is 2.84. The van der Waals surface area contributed by atoms with E-state index in [1.54, 1.807) is 13.2 Å². The van der Waals surface area contributed by atoms with E-state index >= 15 is 0 Å². The van der Waals surface area contributed by atoms with Gasteiger partial charge in [-0.15, -0.1) is 0 Å². The monoisotopic (exact) mass is 259 g/mol. The van der Waals surface area contributed by atoms with Crippen LogP contribution in [0.4, 0.5) is 0 Å². The highest BCUT2D eigenvalue weighted by molar-refractivity contribution is 5.98. The van der Waals surface area contributed by atoms with E-state index in [9.17, 15) is 4.79 Å². The summed E-state index contributed by atoms with van der Waals surface area (Å²) in [6.45, 7) is 2.35. The number of hydrogen-bond donors (Lipinski definition) is 1. The second kappa shape index (κ2) is 6.20. The maximum absolute atomic E-state index is 12.1. The van der Waals surface area contributed by atoms with E-state index in [-0.39, 0.29) is 11.9 Å². The maximum Gasteiger partial charge on any atom is 0.287 e. The largest absolute Gasteiger partial charge is 0.459 e. The van der Waals surface area contributed by atoms with Crippen molar-refractivity contribution in [2.75, 3.05) is 13.7 Å². The standard InChI is InChI=1S/C15H17NO3/c1-11(10-18-2)16-15(17)14-13(8-9-19-14)12-6-4-3-5-7-12/h3-9,11H,10H2,1-2H3,(H,16,17)/t11-/m0/s1. The molecule has 0 spiro atoms. The number of carbonyl (C=O) groups is 1. The lowest BCUT2D eigenvalue weighted by atomic mass is 10.1. The van der Waals surface area contributed by atoms with Gasteiger partial charge in [-0.2, -0.15) is 0 Å². The Kier molecular flexibility index (Phi) is 4.36. The van der Waals surface area contributed by atoms with E-state index < -0.39 is 0 Å². The number of carbonyl (C=O) groups excluding carboxylic acids is 1. The molecule has 100 valence electrons. The van der Waals surface area contributed by atoms with Gasteiger partial charge in [0.25, 0.3) is 5.91 Å². The average molecular weight is 259 g/mol. The van der Waals surface area contributed by atoms with Gasteiger partial charge in [-0.25, -0.2) is 0 Å². The van der Waals surface area contributed by atoms with Crippen molar-refractivity contribution in [1.29, 1.82) is 0 Å². The van der Waals surface area contributed by atoms with Crippen molar-refractivity contribution in [1.82, 2.24) is 5.32 Å². The molecular weight excluding hydrogens is 242 g/mol. The Balaban J connectivity index is 2.18. The Morgan fingerprint density at radius 3 is 2.74 bits per heavy atom. The maximum atomic E-state index is 12.1. The van der Waals surface area contributed by atoms with Crippen molar-refractivity contribution in [2.24, 2.45) is 0 Å². The van der Waals surface area contributed by atoms with Crippen LogP contribution < -0.4 is 5.32 Å². The van der Waals surface area contributed by atoms with Crippen LogP contribution in [0, 0.1) is 0 Å². The molecule has 1 aromatic heterocycles. The second-order valence-electron chi connectivity index (χ2n) is 4.36. The number of rotatable bonds is 5. The molecule has 0 saturated heterocycles. The Hall–Kier alpha value is -2.07. The van der Waals surface area contributed by atoms with Crippen LogP contribution in [0.3, 0.4) is 0 Å². The molecule has 2 rings (SSSR count). The summed E-state index contributed by atoms with van der Waals surface area (Å²) in [5.41, 5.74) is 1.75. The molecule has 0 aliphatic heterocycles. The summed E-state index contributed by atoms with van der Waals surface area (Å²) < 4.78 is 10.3. The minimum atomic E-state index is -0.228. The van der Waals surface area contributed by atoms with E-state index in [1.165, 1.54) is 6.26 Å². The first kappa shape index (κ1) is 13.4. The van der Waals surface area contributed by atoms with Crippen LogP contribution in [-0.4, -0.2) is 25.7 Å². The summed E-state index contributed by atoms with van der Waals surface area (Å²) in [4.78, 5) is 12.1. The van der Waals surface area contributed by atoms with Crippen molar-refractivity contribution in [3.63, 3.8) is 0 Å². The number of hydrogen-bond acceptors (Lipinski definition) is 3. The average Bonchev–Trinajstić information content (AvgIpc) is 2.89. The van der Waals surface area contributed by atoms with Gasteiger partial charge in [0, 0.05) is 18.7 Å². The van der Waals surface area contributed by atoms with E-state index in [4.69, 9.17) is 9.15 Å². The van der Waals surface area contributed by atoms with Gasteiger partial charge in [-0.1, -0.05) is 30.3 Å². The molecule has 0 saturated carbocycles. The van der Waals surface area contributed by atoms with Crippen molar-refractivity contribution in [3.8, 4) is 11.1 Å². The summed E-state index contributed by atoms with van der Waals surface area (Å²) in [7, 11) is 1.60. The molecule has 0 aliphatic carbocycles. The van der Waals surface area contributed by atoms with Crippen LogP contribution in [0.2, 0.25) is 0 Å². The zero-order valence-electron chi connectivity index (χ0n) is 11.1. The lowest BCUT2D eigenvalue weighted by Crippen LogP contribution is -2.35. The molecule has 0 bridgehead atoms. The van der Waals surface area contributed by atoms with Gasteiger partial charge < -0.3 is 14.5 Å². The third kappa shape index (κ3) is 3.23. The minimum Gasteiger partial charge on any atom is -0.459 e. The molecular formula is C15H17NO3. The SMILES string of the molecule is COC[C@H](C)NC(=O)c1occc1-c1ccccc1. The van der Waals surface area contributed by atoms with E-state index in [0.717, 1.165) is 11.1 Å². The predicted molar refractivity (Wildman–Crippen MR) is 72.9 cm³/mol. The third-order valence-electron chi connectivity index (χ3n) is 2.75. The fourth-order valence-corrected chi connectivity index (χ4v) is 1.91. The highest BCUT2D eigenvalue weighted by Gasteiger charge is 2.18. The molecule has 4 heteroatoms. The van der Waals surface area contributed by atoms with Gasteiger partial charge in [0.1, 0.15) is 0 Å². The summed E-state index contributed by atoms with van der Waals surface area (Å²) >= 11 is 0. The Morgan fingerprint density at radius 1 is 1.32 bits per heavy atom. The molecule has 0 fully saturated rings. The summed E-state index contributed by atoms with van der Waals surface area (Å²) in [6.07, 6.45) is 1.53. The summed E-state index contributed by atoms with van der Waals surface area (Å²) in [5.74, 6) is 0.0996. The molecule has 1 N–H and O–H groups in total. The van der Waals surface area contributed by atoms with Gasteiger partial charge in [-0.3, -0.25) is 4.79 Å². The summed E-state index contributed by atoms with van der Waals surface area (Å²) in [6, 6.07) is 11.4. The quantitative estimate of drug-likeness (QED) is 0.898. The van der Waals surface area contributed by atoms with Crippen LogP contribution in [-0.2, 0) is 4.74 Å². The number of nitrogens with one attached hydrogen (secondary N) is 1. The first-order chi connectivity index (χ1) is 9.22. The molecule has 1 heterocycles. The van der Waals surface area contributed by atoms with Crippen molar-refractivity contribution >= 4 is 5.91 Å². The zero-order valence-corrected chi connectivity index (χ0v) is 11.1. The molecule has 2 aromatic rings. The smallest absolute Gasteiger partial charge is 0.287 e. The van der Waals surface area contributed by atoms with Crippen molar-refractivity contribution in [3.05, 3.63) is 48.4 Å². The third-order valence-corrected chi connectivity index (χ3v) is 2.75. The second-order valence-corrected chi connectivity index (χ2v) is 4.36. The van der Waals surface area contributed by atoms with Crippen molar-refractivity contribution in [2.45, 2.75) is 13.0 Å². The fourth-order valence-electron chi connectivity index (χ4n) is 1.91. The van der Waals surface area contributed by atoms with Crippen molar-refractivity contribution < 1.29 is 13.9 Å². The van der Waals surface area contributed by atoms with Crippen LogP contribution >= 0.6 is 0 Å². The number of benzene rings is 1. The highest BCUT2D eigenvalue weighted by atomic mass is 16.5. The topological polar surface area (TPSA) is 51.5 Å². The van der Waals surface area contributed by atoms with Gasteiger partial charge in [0.2, 0.25) is 0 Å². The molecule has 0 aliphatic rings. The number of ether oxygens (including phenoxy) is 1. The van der Waals surface area contributed by atoms with Crippen LogP contribution in [0.1, 0.15) is 17.5 Å². The molecule has 19 heavy (non-hydrogen) atoms.